The summed E-state index contributed by atoms with van der Waals surface area (Å²) < 4.78 is 0. The average molecular weight is 281 g/mol. The average Bonchev–Trinajstić information content (AvgIpc) is 2.46. The zero-order chi connectivity index (χ0) is 14.2. The van der Waals surface area contributed by atoms with Crippen LogP contribution in [0.4, 0.5) is 0 Å². The number of amides is 1. The van der Waals surface area contributed by atoms with E-state index in [-0.39, 0.29) is 6.04 Å². The maximum atomic E-state index is 12.4. The van der Waals surface area contributed by atoms with Crippen molar-refractivity contribution in [2.45, 2.75) is 63.8 Å². The van der Waals surface area contributed by atoms with Crippen molar-refractivity contribution >= 4 is 5.91 Å². The number of hydrogen-bond donors (Lipinski definition) is 1. The van der Waals surface area contributed by atoms with Crippen LogP contribution in [0.5, 0.6) is 0 Å². The SMILES string of the molecule is NCC(CC(=O)N1CCCCC1)N1CCCCCCC1. The van der Waals surface area contributed by atoms with E-state index >= 15 is 0 Å². The molecule has 0 bridgehead atoms. The number of hydrogen-bond acceptors (Lipinski definition) is 3. The molecule has 4 nitrogen and oxygen atoms in total. The molecule has 1 atom stereocenters. The summed E-state index contributed by atoms with van der Waals surface area (Å²) in [5.41, 5.74) is 5.96. The van der Waals surface area contributed by atoms with Gasteiger partial charge in [0.25, 0.3) is 0 Å². The Balaban J connectivity index is 1.84. The van der Waals surface area contributed by atoms with Crippen molar-refractivity contribution in [3.63, 3.8) is 0 Å². The Morgan fingerprint density at radius 2 is 1.35 bits per heavy atom. The standard InChI is InChI=1S/C16H31N3O/c17-14-15(18-9-5-2-1-3-6-10-18)13-16(20)19-11-7-4-8-12-19/h15H,1-14,17H2. The minimum absolute atomic E-state index is 0.252. The van der Waals surface area contributed by atoms with Crippen molar-refractivity contribution < 1.29 is 4.79 Å². The first kappa shape index (κ1) is 15.8. The molecule has 116 valence electrons. The Morgan fingerprint density at radius 3 is 1.95 bits per heavy atom. The molecule has 0 spiro atoms. The molecular formula is C16H31N3O. The minimum Gasteiger partial charge on any atom is -0.343 e. The highest BCUT2D eigenvalue weighted by Crippen LogP contribution is 2.16. The first-order valence-electron chi connectivity index (χ1n) is 8.53. The van der Waals surface area contributed by atoms with Gasteiger partial charge in [0.05, 0.1) is 0 Å². The fourth-order valence-corrected chi connectivity index (χ4v) is 3.47. The van der Waals surface area contributed by atoms with Gasteiger partial charge in [-0.1, -0.05) is 19.3 Å². The van der Waals surface area contributed by atoms with Crippen molar-refractivity contribution in [2.24, 2.45) is 5.73 Å². The Labute approximate surface area is 123 Å². The van der Waals surface area contributed by atoms with Crippen LogP contribution >= 0.6 is 0 Å². The molecule has 2 N–H and O–H groups in total. The summed E-state index contributed by atoms with van der Waals surface area (Å²) >= 11 is 0. The zero-order valence-electron chi connectivity index (χ0n) is 12.9. The van der Waals surface area contributed by atoms with Crippen LogP contribution in [0.2, 0.25) is 0 Å². The number of carbonyl (C=O) groups excluding carboxylic acids is 1. The highest BCUT2D eigenvalue weighted by atomic mass is 16.2. The van der Waals surface area contributed by atoms with Gasteiger partial charge >= 0.3 is 0 Å². The summed E-state index contributed by atoms with van der Waals surface area (Å²) in [6.45, 7) is 4.76. The van der Waals surface area contributed by atoms with Crippen LogP contribution in [0.15, 0.2) is 0 Å². The molecule has 0 aromatic carbocycles. The van der Waals surface area contributed by atoms with E-state index in [1.165, 1.54) is 51.4 Å². The summed E-state index contributed by atoms with van der Waals surface area (Å²) in [5.74, 6) is 0.321. The smallest absolute Gasteiger partial charge is 0.224 e. The van der Waals surface area contributed by atoms with Crippen molar-refractivity contribution in [2.75, 3.05) is 32.7 Å². The van der Waals surface area contributed by atoms with Crippen LogP contribution in [0.1, 0.15) is 57.8 Å². The third kappa shape index (κ3) is 4.74. The van der Waals surface area contributed by atoms with E-state index in [0.717, 1.165) is 26.2 Å². The van der Waals surface area contributed by atoms with Crippen molar-refractivity contribution in [1.29, 1.82) is 0 Å². The van der Waals surface area contributed by atoms with Gasteiger partial charge in [0, 0.05) is 32.1 Å². The molecule has 0 aromatic rings. The van der Waals surface area contributed by atoms with E-state index in [0.29, 0.717) is 18.9 Å². The molecule has 2 fully saturated rings. The predicted octanol–water partition coefficient (Wildman–Crippen LogP) is 1.98. The summed E-state index contributed by atoms with van der Waals surface area (Å²) in [6, 6.07) is 0.252. The number of nitrogens with zero attached hydrogens (tertiary/aromatic N) is 2. The van der Waals surface area contributed by atoms with Gasteiger partial charge in [-0.15, -0.1) is 0 Å². The van der Waals surface area contributed by atoms with Crippen molar-refractivity contribution in [3.05, 3.63) is 0 Å². The van der Waals surface area contributed by atoms with Gasteiger partial charge in [-0.3, -0.25) is 9.69 Å². The molecule has 2 heterocycles. The lowest BCUT2D eigenvalue weighted by molar-refractivity contribution is -0.133. The van der Waals surface area contributed by atoms with Crippen molar-refractivity contribution in [3.8, 4) is 0 Å². The van der Waals surface area contributed by atoms with Crippen LogP contribution < -0.4 is 5.73 Å². The van der Waals surface area contributed by atoms with Gasteiger partial charge in [0.15, 0.2) is 0 Å². The van der Waals surface area contributed by atoms with Gasteiger partial charge < -0.3 is 10.6 Å². The normalized spacial score (nSPS) is 23.9. The number of rotatable bonds is 4. The molecule has 2 rings (SSSR count). The highest BCUT2D eigenvalue weighted by Gasteiger charge is 2.24. The molecule has 0 radical (unpaired) electrons. The Kier molecular flexibility index (Phi) is 6.80. The first-order valence-corrected chi connectivity index (χ1v) is 8.53. The molecule has 2 saturated heterocycles. The van der Waals surface area contributed by atoms with E-state index in [4.69, 9.17) is 5.73 Å². The molecule has 1 unspecified atom stereocenters. The van der Waals surface area contributed by atoms with Gasteiger partial charge in [0.2, 0.25) is 5.91 Å². The Morgan fingerprint density at radius 1 is 0.850 bits per heavy atom. The van der Waals surface area contributed by atoms with Gasteiger partial charge in [0.1, 0.15) is 0 Å². The predicted molar refractivity (Wildman–Crippen MR) is 82.5 cm³/mol. The molecule has 4 heteroatoms. The first-order chi connectivity index (χ1) is 9.81. The number of likely N-dealkylation sites (tertiary alicyclic amines) is 2. The topological polar surface area (TPSA) is 49.6 Å². The van der Waals surface area contributed by atoms with E-state index in [9.17, 15) is 4.79 Å². The molecule has 20 heavy (non-hydrogen) atoms. The van der Waals surface area contributed by atoms with Crippen LogP contribution in [0, 0.1) is 0 Å². The molecule has 1 amide bonds. The van der Waals surface area contributed by atoms with Crippen molar-refractivity contribution in [1.82, 2.24) is 9.80 Å². The van der Waals surface area contributed by atoms with E-state index in [2.05, 4.69) is 9.80 Å². The second-order valence-corrected chi connectivity index (χ2v) is 6.34. The maximum absolute atomic E-state index is 12.4. The third-order valence-corrected chi connectivity index (χ3v) is 4.80. The fraction of sp³-hybridized carbons (Fsp3) is 0.938. The Bertz CT molecular complexity index is 281. The lowest BCUT2D eigenvalue weighted by atomic mass is 10.0. The second kappa shape index (κ2) is 8.63. The monoisotopic (exact) mass is 281 g/mol. The van der Waals surface area contributed by atoms with Gasteiger partial charge in [-0.05, 0) is 45.2 Å². The second-order valence-electron chi connectivity index (χ2n) is 6.34. The molecule has 0 saturated carbocycles. The molecule has 2 aliphatic rings. The van der Waals surface area contributed by atoms with Crippen LogP contribution in [-0.2, 0) is 4.79 Å². The number of piperidine rings is 1. The quantitative estimate of drug-likeness (QED) is 0.857. The molecular weight excluding hydrogens is 250 g/mol. The minimum atomic E-state index is 0.252. The van der Waals surface area contributed by atoms with Gasteiger partial charge in [-0.25, -0.2) is 0 Å². The highest BCUT2D eigenvalue weighted by molar-refractivity contribution is 5.76. The molecule has 2 aliphatic heterocycles. The Hall–Kier alpha value is -0.610. The number of carbonyl (C=O) groups is 1. The summed E-state index contributed by atoms with van der Waals surface area (Å²) in [5, 5.41) is 0. The lowest BCUT2D eigenvalue weighted by Crippen LogP contribution is -2.46. The zero-order valence-corrected chi connectivity index (χ0v) is 12.9. The van der Waals surface area contributed by atoms with Crippen LogP contribution in [0.3, 0.4) is 0 Å². The van der Waals surface area contributed by atoms with Crippen LogP contribution in [-0.4, -0.2) is 54.5 Å². The van der Waals surface area contributed by atoms with Gasteiger partial charge in [-0.2, -0.15) is 0 Å². The lowest BCUT2D eigenvalue weighted by Gasteiger charge is -2.34. The fourth-order valence-electron chi connectivity index (χ4n) is 3.47. The summed E-state index contributed by atoms with van der Waals surface area (Å²) in [7, 11) is 0. The van der Waals surface area contributed by atoms with E-state index in [1.54, 1.807) is 0 Å². The molecule has 0 aromatic heterocycles. The van der Waals surface area contributed by atoms with E-state index < -0.39 is 0 Å². The van der Waals surface area contributed by atoms with E-state index in [1.807, 2.05) is 0 Å². The summed E-state index contributed by atoms with van der Waals surface area (Å²) in [6.07, 6.45) is 10.8. The molecule has 0 aliphatic carbocycles. The largest absolute Gasteiger partial charge is 0.343 e. The maximum Gasteiger partial charge on any atom is 0.224 e. The number of nitrogens with two attached hydrogens (primary N) is 1. The third-order valence-electron chi connectivity index (χ3n) is 4.80. The summed E-state index contributed by atoms with van der Waals surface area (Å²) in [4.78, 5) is 16.9. The van der Waals surface area contributed by atoms with Crippen LogP contribution in [0.25, 0.3) is 0 Å².